The molecule has 3 rings (SSSR count). The van der Waals surface area contributed by atoms with E-state index in [2.05, 4.69) is 55.4 Å². The van der Waals surface area contributed by atoms with Crippen molar-refractivity contribution in [3.05, 3.63) is 29.8 Å². The van der Waals surface area contributed by atoms with Crippen LogP contribution in [0.25, 0.3) is 0 Å². The molecule has 3 amide bonds. The molecule has 2 atom stereocenters. The number of anilines is 1. The van der Waals surface area contributed by atoms with Crippen molar-refractivity contribution < 1.29 is 9.59 Å². The first-order valence-corrected chi connectivity index (χ1v) is 12.6. The molecule has 6 nitrogen and oxygen atoms in total. The molecule has 6 heteroatoms. The minimum atomic E-state index is -0.0599. The average molecular weight is 443 g/mol. The average Bonchev–Trinajstić information content (AvgIpc) is 3.32. The molecule has 0 bridgehead atoms. The van der Waals surface area contributed by atoms with Crippen molar-refractivity contribution in [2.75, 3.05) is 38.0 Å². The molecular weight excluding hydrogens is 400 g/mol. The maximum Gasteiger partial charge on any atom is 0.321 e. The Bertz CT molecular complexity index is 735. The van der Waals surface area contributed by atoms with Crippen LogP contribution in [-0.2, 0) is 4.79 Å². The lowest BCUT2D eigenvalue weighted by Gasteiger charge is -2.40. The molecule has 178 valence electrons. The molecule has 2 N–H and O–H groups in total. The first-order chi connectivity index (χ1) is 15.4. The highest BCUT2D eigenvalue weighted by Gasteiger charge is 2.37. The van der Waals surface area contributed by atoms with Gasteiger partial charge in [-0.25, -0.2) is 4.79 Å². The molecule has 0 spiro atoms. The van der Waals surface area contributed by atoms with Crippen LogP contribution in [0.3, 0.4) is 0 Å². The number of hydrogen-bond donors (Lipinski definition) is 2. The first-order valence-electron chi connectivity index (χ1n) is 12.6. The Kier molecular flexibility index (Phi) is 8.97. The maximum atomic E-state index is 13.1. The van der Waals surface area contributed by atoms with E-state index in [9.17, 15) is 9.59 Å². The van der Waals surface area contributed by atoms with Gasteiger partial charge in [0.1, 0.15) is 0 Å². The summed E-state index contributed by atoms with van der Waals surface area (Å²) >= 11 is 0. The van der Waals surface area contributed by atoms with Crippen LogP contribution in [0.4, 0.5) is 10.5 Å². The van der Waals surface area contributed by atoms with Gasteiger partial charge in [-0.2, -0.15) is 0 Å². The zero-order valence-corrected chi connectivity index (χ0v) is 20.4. The minimum Gasteiger partial charge on any atom is -0.354 e. The van der Waals surface area contributed by atoms with Crippen LogP contribution in [0.5, 0.6) is 0 Å². The number of amides is 3. The van der Waals surface area contributed by atoms with Crippen LogP contribution in [0, 0.1) is 11.8 Å². The van der Waals surface area contributed by atoms with E-state index < -0.39 is 0 Å². The Morgan fingerprint density at radius 3 is 2.19 bits per heavy atom. The molecule has 1 saturated carbocycles. The van der Waals surface area contributed by atoms with Gasteiger partial charge in [0.05, 0.1) is 6.04 Å². The second-order valence-electron chi connectivity index (χ2n) is 9.98. The van der Waals surface area contributed by atoms with E-state index >= 15 is 0 Å². The highest BCUT2D eigenvalue weighted by atomic mass is 16.2. The number of rotatable bonds is 8. The number of benzene rings is 1. The van der Waals surface area contributed by atoms with E-state index in [4.69, 9.17) is 0 Å². The molecule has 0 radical (unpaired) electrons. The quantitative estimate of drug-likeness (QED) is 0.614. The zero-order chi connectivity index (χ0) is 23.1. The van der Waals surface area contributed by atoms with Gasteiger partial charge in [-0.05, 0) is 48.3 Å². The fourth-order valence-corrected chi connectivity index (χ4v) is 4.83. The second-order valence-corrected chi connectivity index (χ2v) is 9.98. The standard InChI is InChI=1S/C26H42N4O2/c1-5-20(4)18-27-25(31)24(22-8-6-7-9-22)29-14-16-30(17-15-29)26(32)28-23-12-10-21(11-13-23)19(2)3/h10-13,19-20,22,24H,5-9,14-18H2,1-4H3,(H,27,31)(H,28,32)/t20-,24+/m1/s1. The third-order valence-electron chi connectivity index (χ3n) is 7.26. The highest BCUT2D eigenvalue weighted by Crippen LogP contribution is 2.31. The molecule has 2 aliphatic rings. The first kappa shape index (κ1) is 24.6. The summed E-state index contributed by atoms with van der Waals surface area (Å²) in [5, 5.41) is 6.24. The Morgan fingerprint density at radius 1 is 1.00 bits per heavy atom. The Hall–Kier alpha value is -2.08. The molecule has 0 aromatic heterocycles. The summed E-state index contributed by atoms with van der Waals surface area (Å²) in [7, 11) is 0. The fourth-order valence-electron chi connectivity index (χ4n) is 4.83. The molecule has 1 heterocycles. The summed E-state index contributed by atoms with van der Waals surface area (Å²) < 4.78 is 0. The molecule has 32 heavy (non-hydrogen) atoms. The van der Waals surface area contributed by atoms with Crippen LogP contribution in [0.1, 0.15) is 71.3 Å². The fraction of sp³-hybridized carbons (Fsp3) is 0.692. The number of urea groups is 1. The number of carbonyl (C=O) groups is 2. The molecule has 1 saturated heterocycles. The summed E-state index contributed by atoms with van der Waals surface area (Å²) in [5.41, 5.74) is 2.09. The molecule has 1 aromatic rings. The van der Waals surface area contributed by atoms with Gasteiger partial charge < -0.3 is 15.5 Å². The summed E-state index contributed by atoms with van der Waals surface area (Å²) in [5.74, 6) is 1.59. The number of nitrogens with one attached hydrogen (secondary N) is 2. The monoisotopic (exact) mass is 442 g/mol. The Balaban J connectivity index is 1.55. The van der Waals surface area contributed by atoms with Gasteiger partial charge >= 0.3 is 6.03 Å². The second kappa shape index (κ2) is 11.7. The summed E-state index contributed by atoms with van der Waals surface area (Å²) in [4.78, 5) is 30.1. The lowest BCUT2D eigenvalue weighted by Crippen LogP contribution is -2.58. The topological polar surface area (TPSA) is 64.7 Å². The van der Waals surface area contributed by atoms with Crippen LogP contribution >= 0.6 is 0 Å². The highest BCUT2D eigenvalue weighted by molar-refractivity contribution is 5.89. The number of piperazine rings is 1. The van der Waals surface area contributed by atoms with Crippen LogP contribution < -0.4 is 10.6 Å². The normalized spacial score (nSPS) is 19.7. The van der Waals surface area contributed by atoms with Crippen molar-refractivity contribution in [1.29, 1.82) is 0 Å². The van der Waals surface area contributed by atoms with Crippen LogP contribution in [0.15, 0.2) is 24.3 Å². The third-order valence-corrected chi connectivity index (χ3v) is 7.26. The van der Waals surface area contributed by atoms with Crippen molar-refractivity contribution in [3.63, 3.8) is 0 Å². The van der Waals surface area contributed by atoms with Gasteiger partial charge in [-0.1, -0.05) is 59.1 Å². The van der Waals surface area contributed by atoms with E-state index in [0.717, 1.165) is 44.6 Å². The van der Waals surface area contributed by atoms with Crippen molar-refractivity contribution in [2.45, 2.75) is 71.8 Å². The smallest absolute Gasteiger partial charge is 0.321 e. The SMILES string of the molecule is CC[C@@H](C)CNC(=O)[C@H](C1CCCC1)N1CCN(C(=O)Nc2ccc(C(C)C)cc2)CC1. The Labute approximate surface area is 194 Å². The van der Waals surface area contributed by atoms with Gasteiger partial charge in [-0.15, -0.1) is 0 Å². The van der Waals surface area contributed by atoms with E-state index in [0.29, 0.717) is 30.8 Å². The van der Waals surface area contributed by atoms with E-state index in [1.807, 2.05) is 17.0 Å². The predicted octanol–water partition coefficient (Wildman–Crippen LogP) is 4.68. The number of nitrogens with zero attached hydrogens (tertiary/aromatic N) is 2. The maximum absolute atomic E-state index is 13.1. The minimum absolute atomic E-state index is 0.0550. The summed E-state index contributed by atoms with van der Waals surface area (Å²) in [6, 6.07) is 7.98. The molecule has 2 fully saturated rings. The van der Waals surface area contributed by atoms with Gasteiger partial charge in [0, 0.05) is 38.4 Å². The van der Waals surface area contributed by atoms with E-state index in [1.165, 1.54) is 18.4 Å². The van der Waals surface area contributed by atoms with Crippen molar-refractivity contribution >= 4 is 17.6 Å². The summed E-state index contributed by atoms with van der Waals surface area (Å²) in [6.07, 6.45) is 5.78. The molecular formula is C26H42N4O2. The third kappa shape index (κ3) is 6.47. The zero-order valence-electron chi connectivity index (χ0n) is 20.4. The van der Waals surface area contributed by atoms with Gasteiger partial charge in [-0.3, -0.25) is 9.69 Å². The van der Waals surface area contributed by atoms with Gasteiger partial charge in [0.25, 0.3) is 0 Å². The van der Waals surface area contributed by atoms with Gasteiger partial charge in [0.15, 0.2) is 0 Å². The van der Waals surface area contributed by atoms with Crippen molar-refractivity contribution in [2.24, 2.45) is 11.8 Å². The van der Waals surface area contributed by atoms with Crippen LogP contribution in [-0.4, -0.2) is 60.5 Å². The van der Waals surface area contributed by atoms with Gasteiger partial charge in [0.2, 0.25) is 5.91 Å². The molecule has 1 aliphatic heterocycles. The lowest BCUT2D eigenvalue weighted by molar-refractivity contribution is -0.129. The molecule has 1 aromatic carbocycles. The van der Waals surface area contributed by atoms with E-state index in [-0.39, 0.29) is 18.0 Å². The molecule has 1 aliphatic carbocycles. The summed E-state index contributed by atoms with van der Waals surface area (Å²) in [6.45, 7) is 12.2. The van der Waals surface area contributed by atoms with Crippen molar-refractivity contribution in [3.8, 4) is 0 Å². The van der Waals surface area contributed by atoms with Crippen molar-refractivity contribution in [1.82, 2.24) is 15.1 Å². The number of hydrogen-bond acceptors (Lipinski definition) is 3. The largest absolute Gasteiger partial charge is 0.354 e. The Morgan fingerprint density at radius 2 is 1.62 bits per heavy atom. The lowest BCUT2D eigenvalue weighted by atomic mass is 9.94. The number of carbonyl (C=O) groups excluding carboxylic acids is 2. The van der Waals surface area contributed by atoms with Crippen LogP contribution in [0.2, 0.25) is 0 Å². The molecule has 0 unspecified atom stereocenters. The predicted molar refractivity (Wildman–Crippen MR) is 131 cm³/mol. The van der Waals surface area contributed by atoms with E-state index in [1.54, 1.807) is 0 Å².